The maximum atomic E-state index is 14.0. The summed E-state index contributed by atoms with van der Waals surface area (Å²) < 4.78 is 40.0. The topological polar surface area (TPSA) is 0 Å². The zero-order valence-corrected chi connectivity index (χ0v) is 11.0. The molecular formula is C17H13F3. The van der Waals surface area contributed by atoms with Crippen molar-refractivity contribution in [1.29, 1.82) is 0 Å². The normalized spacial score (nSPS) is 10.0. The first kappa shape index (κ1) is 14.2. The molecule has 0 bridgehead atoms. The fourth-order valence-corrected chi connectivity index (χ4v) is 1.78. The van der Waals surface area contributed by atoms with Crippen LogP contribution in [-0.2, 0) is 0 Å². The second kappa shape index (κ2) is 6.29. The lowest BCUT2D eigenvalue weighted by molar-refractivity contribution is 0.509. The van der Waals surface area contributed by atoms with Crippen LogP contribution >= 0.6 is 0 Å². The lowest BCUT2D eigenvalue weighted by Crippen LogP contribution is -1.89. The van der Waals surface area contributed by atoms with E-state index in [-0.39, 0.29) is 5.56 Å². The number of hydrogen-bond donors (Lipinski definition) is 0. The van der Waals surface area contributed by atoms with Gasteiger partial charge in [-0.1, -0.05) is 30.9 Å². The predicted molar refractivity (Wildman–Crippen MR) is 73.5 cm³/mol. The Balaban J connectivity index is 2.34. The highest BCUT2D eigenvalue weighted by Gasteiger charge is 2.09. The van der Waals surface area contributed by atoms with Crippen molar-refractivity contribution in [3.63, 3.8) is 0 Å². The Morgan fingerprint density at radius 1 is 0.900 bits per heavy atom. The van der Waals surface area contributed by atoms with E-state index in [9.17, 15) is 13.2 Å². The number of rotatable bonds is 2. The average molecular weight is 274 g/mol. The van der Waals surface area contributed by atoms with Crippen molar-refractivity contribution in [2.45, 2.75) is 19.8 Å². The molecule has 0 unspecified atom stereocenters. The van der Waals surface area contributed by atoms with Crippen LogP contribution in [-0.4, -0.2) is 0 Å². The Morgan fingerprint density at radius 2 is 1.70 bits per heavy atom. The van der Waals surface area contributed by atoms with E-state index in [1.54, 1.807) is 6.07 Å². The maximum Gasteiger partial charge on any atom is 0.159 e. The average Bonchev–Trinajstić information content (AvgIpc) is 2.43. The SMILES string of the molecule is CCCC#Cc1ccc(-c2ccc(F)c(F)c2)c(F)c1. The first-order valence-electron chi connectivity index (χ1n) is 6.35. The Kier molecular flexibility index (Phi) is 4.47. The lowest BCUT2D eigenvalue weighted by Gasteiger charge is -2.04. The molecule has 0 saturated carbocycles. The van der Waals surface area contributed by atoms with Gasteiger partial charge in [0.1, 0.15) is 5.82 Å². The van der Waals surface area contributed by atoms with E-state index < -0.39 is 17.5 Å². The fourth-order valence-electron chi connectivity index (χ4n) is 1.78. The van der Waals surface area contributed by atoms with E-state index in [2.05, 4.69) is 11.8 Å². The van der Waals surface area contributed by atoms with Gasteiger partial charge in [0.05, 0.1) is 0 Å². The largest absolute Gasteiger partial charge is 0.206 e. The molecule has 0 fully saturated rings. The van der Waals surface area contributed by atoms with Crippen LogP contribution < -0.4 is 0 Å². The minimum atomic E-state index is -0.992. The Morgan fingerprint density at radius 3 is 2.35 bits per heavy atom. The van der Waals surface area contributed by atoms with E-state index in [1.807, 2.05) is 6.92 Å². The quantitative estimate of drug-likeness (QED) is 0.682. The first-order chi connectivity index (χ1) is 9.61. The van der Waals surface area contributed by atoms with Crippen LogP contribution in [0.5, 0.6) is 0 Å². The zero-order chi connectivity index (χ0) is 14.5. The Bertz CT molecular complexity index is 678. The van der Waals surface area contributed by atoms with Crippen LogP contribution in [0.3, 0.4) is 0 Å². The van der Waals surface area contributed by atoms with Gasteiger partial charge in [-0.15, -0.1) is 0 Å². The van der Waals surface area contributed by atoms with Crippen LogP contribution in [0.4, 0.5) is 13.2 Å². The molecule has 2 aromatic carbocycles. The van der Waals surface area contributed by atoms with Gasteiger partial charge in [-0.05, 0) is 36.2 Å². The highest BCUT2D eigenvalue weighted by molar-refractivity contribution is 5.65. The molecule has 0 amide bonds. The second-order valence-electron chi connectivity index (χ2n) is 4.38. The van der Waals surface area contributed by atoms with Gasteiger partial charge in [0, 0.05) is 17.5 Å². The van der Waals surface area contributed by atoms with Crippen LogP contribution in [0.25, 0.3) is 11.1 Å². The van der Waals surface area contributed by atoms with Crippen molar-refractivity contribution < 1.29 is 13.2 Å². The van der Waals surface area contributed by atoms with Crippen molar-refractivity contribution >= 4 is 0 Å². The summed E-state index contributed by atoms with van der Waals surface area (Å²) in [5.41, 5.74) is 1.10. The number of hydrogen-bond acceptors (Lipinski definition) is 0. The standard InChI is InChI=1S/C17H13F3/c1-2-3-4-5-12-6-8-14(16(19)10-12)13-7-9-15(18)17(20)11-13/h6-11H,2-3H2,1H3. The van der Waals surface area contributed by atoms with E-state index in [1.165, 1.54) is 18.2 Å². The molecular weight excluding hydrogens is 261 g/mol. The molecule has 0 aliphatic carbocycles. The van der Waals surface area contributed by atoms with Crippen molar-refractivity contribution in [3.05, 3.63) is 59.4 Å². The molecule has 0 saturated heterocycles. The van der Waals surface area contributed by atoms with Gasteiger partial charge >= 0.3 is 0 Å². The van der Waals surface area contributed by atoms with Gasteiger partial charge in [0.2, 0.25) is 0 Å². The molecule has 2 aromatic rings. The Labute approximate surface area is 116 Å². The van der Waals surface area contributed by atoms with Gasteiger partial charge in [-0.3, -0.25) is 0 Å². The number of halogens is 3. The Hall–Kier alpha value is -2.21. The lowest BCUT2D eigenvalue weighted by atomic mass is 10.0. The molecule has 0 spiro atoms. The summed E-state index contributed by atoms with van der Waals surface area (Å²) in [7, 11) is 0. The van der Waals surface area contributed by atoms with E-state index >= 15 is 0 Å². The summed E-state index contributed by atoms with van der Waals surface area (Å²) in [5, 5.41) is 0. The summed E-state index contributed by atoms with van der Waals surface area (Å²) in [6.45, 7) is 2.02. The van der Waals surface area contributed by atoms with Crippen molar-refractivity contribution in [2.24, 2.45) is 0 Å². The van der Waals surface area contributed by atoms with Crippen LogP contribution in [0, 0.1) is 29.3 Å². The number of unbranched alkanes of at least 4 members (excludes halogenated alkanes) is 1. The van der Waals surface area contributed by atoms with Gasteiger partial charge < -0.3 is 0 Å². The third kappa shape index (κ3) is 3.21. The molecule has 0 heterocycles. The molecule has 20 heavy (non-hydrogen) atoms. The molecule has 0 aliphatic rings. The second-order valence-corrected chi connectivity index (χ2v) is 4.38. The number of benzene rings is 2. The monoisotopic (exact) mass is 274 g/mol. The smallest absolute Gasteiger partial charge is 0.159 e. The third-order valence-electron chi connectivity index (χ3n) is 2.81. The maximum absolute atomic E-state index is 14.0. The summed E-state index contributed by atoms with van der Waals surface area (Å²) in [6.07, 6.45) is 1.70. The van der Waals surface area contributed by atoms with Crippen molar-refractivity contribution in [2.75, 3.05) is 0 Å². The molecule has 2 rings (SSSR count). The molecule has 0 N–H and O–H groups in total. The van der Waals surface area contributed by atoms with Crippen LogP contribution in [0.2, 0.25) is 0 Å². The van der Waals surface area contributed by atoms with Gasteiger partial charge in [-0.2, -0.15) is 0 Å². The molecule has 0 nitrogen and oxygen atoms in total. The van der Waals surface area contributed by atoms with Gasteiger partial charge in [0.15, 0.2) is 11.6 Å². The van der Waals surface area contributed by atoms with Gasteiger partial charge in [-0.25, -0.2) is 13.2 Å². The molecule has 0 atom stereocenters. The first-order valence-corrected chi connectivity index (χ1v) is 6.35. The highest BCUT2D eigenvalue weighted by atomic mass is 19.2. The van der Waals surface area contributed by atoms with Crippen molar-refractivity contribution in [1.82, 2.24) is 0 Å². The van der Waals surface area contributed by atoms with E-state index in [0.29, 0.717) is 11.1 Å². The summed E-state index contributed by atoms with van der Waals surface area (Å²) in [4.78, 5) is 0. The molecule has 102 valence electrons. The molecule has 0 aromatic heterocycles. The minimum Gasteiger partial charge on any atom is -0.206 e. The molecule has 3 heteroatoms. The molecule has 0 radical (unpaired) electrons. The molecule has 0 aliphatic heterocycles. The fraction of sp³-hybridized carbons (Fsp3) is 0.176. The zero-order valence-electron chi connectivity index (χ0n) is 11.0. The predicted octanol–water partition coefficient (Wildman–Crippen LogP) is 4.92. The highest BCUT2D eigenvalue weighted by Crippen LogP contribution is 2.25. The van der Waals surface area contributed by atoms with E-state index in [0.717, 1.165) is 25.0 Å². The van der Waals surface area contributed by atoms with E-state index in [4.69, 9.17) is 0 Å². The van der Waals surface area contributed by atoms with Gasteiger partial charge in [0.25, 0.3) is 0 Å². The van der Waals surface area contributed by atoms with Crippen molar-refractivity contribution in [3.8, 4) is 23.0 Å². The van der Waals surface area contributed by atoms with Crippen LogP contribution in [0.15, 0.2) is 36.4 Å². The summed E-state index contributed by atoms with van der Waals surface area (Å²) in [5.74, 6) is 3.35. The summed E-state index contributed by atoms with van der Waals surface area (Å²) >= 11 is 0. The third-order valence-corrected chi connectivity index (χ3v) is 2.81. The van der Waals surface area contributed by atoms with Crippen LogP contribution in [0.1, 0.15) is 25.3 Å². The minimum absolute atomic E-state index is 0.227. The summed E-state index contributed by atoms with van der Waals surface area (Å²) in [6, 6.07) is 7.81.